The summed E-state index contributed by atoms with van der Waals surface area (Å²) < 4.78 is 3.75. The van der Waals surface area contributed by atoms with Gasteiger partial charge in [0.15, 0.2) is 0 Å². The topological polar surface area (TPSA) is 45.8 Å². The molecule has 0 atom stereocenters. The Labute approximate surface area is 144 Å². The largest absolute Gasteiger partial charge is 0.341 e. The zero-order valence-electron chi connectivity index (χ0n) is 11.4. The lowest BCUT2D eigenvalue weighted by Gasteiger charge is -2.12. The maximum atomic E-state index is 12.3. The molecule has 1 aromatic heterocycles. The number of halogens is 2. The number of nitriles is 1. The monoisotopic (exact) mass is 416 g/mol. The van der Waals surface area contributed by atoms with Crippen LogP contribution in [-0.4, -0.2) is 4.57 Å². The first-order valence-corrected chi connectivity index (χ1v) is 8.14. The van der Waals surface area contributed by atoms with Crippen LogP contribution in [0.5, 0.6) is 0 Å². The van der Waals surface area contributed by atoms with Gasteiger partial charge in [-0.1, -0.05) is 44.0 Å². The molecule has 3 nitrogen and oxygen atoms in total. The quantitative estimate of drug-likeness (QED) is 0.618. The van der Waals surface area contributed by atoms with Gasteiger partial charge in [0.1, 0.15) is 11.6 Å². The molecule has 22 heavy (non-hydrogen) atoms. The molecule has 3 aromatic rings. The van der Waals surface area contributed by atoms with E-state index in [4.69, 9.17) is 0 Å². The molecule has 0 aliphatic rings. The molecule has 0 fully saturated rings. The second kappa shape index (κ2) is 6.07. The summed E-state index contributed by atoms with van der Waals surface area (Å²) in [5.41, 5.74) is 1.82. The molecule has 0 unspecified atom stereocenters. The van der Waals surface area contributed by atoms with Crippen molar-refractivity contribution in [3.63, 3.8) is 0 Å². The Morgan fingerprint density at radius 1 is 1.09 bits per heavy atom. The highest BCUT2D eigenvalue weighted by Gasteiger charge is 2.09. The Balaban J connectivity index is 2.23. The van der Waals surface area contributed by atoms with Crippen LogP contribution in [-0.2, 0) is 6.54 Å². The van der Waals surface area contributed by atoms with Crippen LogP contribution in [0.25, 0.3) is 10.9 Å². The van der Waals surface area contributed by atoms with E-state index < -0.39 is 0 Å². The molecule has 0 radical (unpaired) electrons. The van der Waals surface area contributed by atoms with Gasteiger partial charge in [0.2, 0.25) is 5.43 Å². The van der Waals surface area contributed by atoms with Gasteiger partial charge in [0, 0.05) is 27.1 Å². The molecule has 0 bridgehead atoms. The van der Waals surface area contributed by atoms with Gasteiger partial charge < -0.3 is 4.57 Å². The Bertz CT molecular complexity index is 971. The van der Waals surface area contributed by atoms with Crippen molar-refractivity contribution in [2.45, 2.75) is 6.54 Å². The Kier molecular flexibility index (Phi) is 4.14. The molecule has 0 N–H and O–H groups in total. The van der Waals surface area contributed by atoms with Gasteiger partial charge in [0.25, 0.3) is 0 Å². The highest BCUT2D eigenvalue weighted by atomic mass is 79.9. The average Bonchev–Trinajstić information content (AvgIpc) is 2.50. The van der Waals surface area contributed by atoms with E-state index in [0.29, 0.717) is 11.9 Å². The van der Waals surface area contributed by atoms with Crippen molar-refractivity contribution in [3.05, 3.63) is 79.0 Å². The van der Waals surface area contributed by atoms with Crippen molar-refractivity contribution in [3.8, 4) is 6.07 Å². The minimum atomic E-state index is -0.232. The summed E-state index contributed by atoms with van der Waals surface area (Å²) in [6.07, 6.45) is 1.62. The lowest BCUT2D eigenvalue weighted by molar-refractivity contribution is 0.822. The van der Waals surface area contributed by atoms with Crippen LogP contribution in [0.4, 0.5) is 0 Å². The second-order valence-corrected chi connectivity index (χ2v) is 6.73. The first-order chi connectivity index (χ1) is 10.6. The number of pyridine rings is 1. The lowest BCUT2D eigenvalue weighted by Crippen LogP contribution is -2.13. The third-order valence-electron chi connectivity index (χ3n) is 3.40. The van der Waals surface area contributed by atoms with Gasteiger partial charge in [0.05, 0.1) is 5.52 Å². The smallest absolute Gasteiger partial charge is 0.207 e. The lowest BCUT2D eigenvalue weighted by atomic mass is 10.1. The SMILES string of the molecule is N#Cc1cn(Cc2cccc(Br)c2)c2ccc(Br)cc2c1=O. The van der Waals surface area contributed by atoms with Crippen LogP contribution in [0.2, 0.25) is 0 Å². The first-order valence-electron chi connectivity index (χ1n) is 6.56. The number of hydrogen-bond acceptors (Lipinski definition) is 2. The van der Waals surface area contributed by atoms with Crippen molar-refractivity contribution < 1.29 is 0 Å². The van der Waals surface area contributed by atoms with Crippen molar-refractivity contribution in [1.29, 1.82) is 5.26 Å². The molecule has 108 valence electrons. The highest BCUT2D eigenvalue weighted by Crippen LogP contribution is 2.20. The molecule has 2 aromatic carbocycles. The molecular formula is C17H10Br2N2O. The molecule has 0 aliphatic heterocycles. The fourth-order valence-electron chi connectivity index (χ4n) is 2.41. The molecule has 0 saturated heterocycles. The molecule has 0 saturated carbocycles. The third-order valence-corrected chi connectivity index (χ3v) is 4.39. The first kappa shape index (κ1) is 15.0. The summed E-state index contributed by atoms with van der Waals surface area (Å²) in [5.74, 6) is 0. The van der Waals surface area contributed by atoms with Gasteiger partial charge >= 0.3 is 0 Å². The zero-order chi connectivity index (χ0) is 15.7. The number of fused-ring (bicyclic) bond motifs is 1. The summed E-state index contributed by atoms with van der Waals surface area (Å²) in [5, 5.41) is 9.74. The van der Waals surface area contributed by atoms with Gasteiger partial charge in [-0.2, -0.15) is 5.26 Å². The van der Waals surface area contributed by atoms with Crippen LogP contribution in [0.15, 0.2) is 62.4 Å². The van der Waals surface area contributed by atoms with Crippen molar-refractivity contribution in [1.82, 2.24) is 4.57 Å². The van der Waals surface area contributed by atoms with E-state index in [2.05, 4.69) is 31.9 Å². The normalized spacial score (nSPS) is 10.6. The van der Waals surface area contributed by atoms with E-state index >= 15 is 0 Å². The maximum Gasteiger partial charge on any atom is 0.207 e. The molecule has 0 aliphatic carbocycles. The van der Waals surface area contributed by atoms with E-state index in [0.717, 1.165) is 20.0 Å². The fraction of sp³-hybridized carbons (Fsp3) is 0.0588. The van der Waals surface area contributed by atoms with Crippen LogP contribution in [0.3, 0.4) is 0 Å². The summed E-state index contributed by atoms with van der Waals surface area (Å²) in [4.78, 5) is 12.3. The van der Waals surface area contributed by atoms with E-state index in [1.54, 1.807) is 12.3 Å². The molecule has 1 heterocycles. The Morgan fingerprint density at radius 3 is 2.59 bits per heavy atom. The van der Waals surface area contributed by atoms with Crippen LogP contribution in [0, 0.1) is 11.3 Å². The zero-order valence-corrected chi connectivity index (χ0v) is 14.6. The highest BCUT2D eigenvalue weighted by molar-refractivity contribution is 9.10. The van der Waals surface area contributed by atoms with E-state index in [1.807, 2.05) is 47.0 Å². The van der Waals surface area contributed by atoms with E-state index in [9.17, 15) is 10.1 Å². The van der Waals surface area contributed by atoms with Crippen LogP contribution < -0.4 is 5.43 Å². The maximum absolute atomic E-state index is 12.3. The van der Waals surface area contributed by atoms with E-state index in [1.165, 1.54) is 0 Å². The number of rotatable bonds is 2. The van der Waals surface area contributed by atoms with Crippen molar-refractivity contribution >= 4 is 42.8 Å². The van der Waals surface area contributed by atoms with Crippen molar-refractivity contribution in [2.75, 3.05) is 0 Å². The molecule has 0 amide bonds. The number of benzene rings is 2. The summed E-state index contributed by atoms with van der Waals surface area (Å²) in [6.45, 7) is 0.590. The Morgan fingerprint density at radius 2 is 1.86 bits per heavy atom. The van der Waals surface area contributed by atoms with Crippen LogP contribution in [0.1, 0.15) is 11.1 Å². The van der Waals surface area contributed by atoms with E-state index in [-0.39, 0.29) is 11.0 Å². The Hall–Kier alpha value is -1.90. The van der Waals surface area contributed by atoms with Gasteiger partial charge in [-0.25, -0.2) is 0 Å². The van der Waals surface area contributed by atoms with Gasteiger partial charge in [-0.3, -0.25) is 4.79 Å². The van der Waals surface area contributed by atoms with Gasteiger partial charge in [-0.05, 0) is 35.9 Å². The minimum Gasteiger partial charge on any atom is -0.341 e. The second-order valence-electron chi connectivity index (χ2n) is 4.90. The fourth-order valence-corrected chi connectivity index (χ4v) is 3.22. The third kappa shape index (κ3) is 2.85. The molecule has 5 heteroatoms. The molecular weight excluding hydrogens is 408 g/mol. The van der Waals surface area contributed by atoms with Gasteiger partial charge in [-0.15, -0.1) is 0 Å². The minimum absolute atomic E-state index is 0.153. The summed E-state index contributed by atoms with van der Waals surface area (Å²) >= 11 is 6.83. The number of nitrogens with zero attached hydrogens (tertiary/aromatic N) is 2. The average molecular weight is 418 g/mol. The molecule has 0 spiro atoms. The number of aromatic nitrogens is 1. The van der Waals surface area contributed by atoms with Crippen LogP contribution >= 0.6 is 31.9 Å². The predicted molar refractivity (Wildman–Crippen MR) is 93.9 cm³/mol. The van der Waals surface area contributed by atoms with Crippen molar-refractivity contribution in [2.24, 2.45) is 0 Å². The molecule has 3 rings (SSSR count). The summed E-state index contributed by atoms with van der Waals surface area (Å²) in [7, 11) is 0. The predicted octanol–water partition coefficient (Wildman–Crippen LogP) is 4.45. The standard InChI is InChI=1S/C17H10Br2N2O/c18-13-3-1-2-11(6-13)9-21-10-12(8-20)17(22)15-7-14(19)4-5-16(15)21/h1-7,10H,9H2. The number of hydrogen-bond donors (Lipinski definition) is 0. The summed E-state index contributed by atoms with van der Waals surface area (Å²) in [6, 6.07) is 15.5.